The average molecular weight is 298 g/mol. The van der Waals surface area contributed by atoms with Crippen LogP contribution in [0.3, 0.4) is 0 Å². The van der Waals surface area contributed by atoms with Crippen molar-refractivity contribution in [2.75, 3.05) is 31.1 Å². The number of carbonyl (C=O) groups is 1. The molecule has 116 valence electrons. The van der Waals surface area contributed by atoms with Crippen molar-refractivity contribution < 1.29 is 4.79 Å². The van der Waals surface area contributed by atoms with Crippen molar-refractivity contribution in [1.29, 1.82) is 5.26 Å². The molecule has 3 rings (SSSR count). The minimum atomic E-state index is 0.106. The summed E-state index contributed by atoms with van der Waals surface area (Å²) in [5, 5.41) is 12.0. The molecule has 0 aliphatic carbocycles. The second kappa shape index (κ2) is 6.69. The predicted octanol–water partition coefficient (Wildman–Crippen LogP) is 2.33. The molecule has 2 heterocycles. The third-order valence-corrected chi connectivity index (χ3v) is 4.58. The Morgan fingerprint density at radius 3 is 2.32 bits per heavy atom. The van der Waals surface area contributed by atoms with Gasteiger partial charge >= 0.3 is 6.03 Å². The summed E-state index contributed by atoms with van der Waals surface area (Å²) in [4.78, 5) is 16.3. The lowest BCUT2D eigenvalue weighted by Gasteiger charge is -2.34. The van der Waals surface area contributed by atoms with Crippen molar-refractivity contribution in [3.8, 4) is 6.07 Å². The Morgan fingerprint density at radius 2 is 1.73 bits per heavy atom. The Kier molecular flexibility index (Phi) is 4.47. The number of benzene rings is 1. The van der Waals surface area contributed by atoms with Crippen LogP contribution < -0.4 is 10.2 Å². The highest BCUT2D eigenvalue weighted by atomic mass is 16.2. The molecular formula is C17H22N4O. The van der Waals surface area contributed by atoms with Crippen molar-refractivity contribution in [3.63, 3.8) is 0 Å². The highest BCUT2D eigenvalue weighted by Gasteiger charge is 2.24. The molecule has 0 radical (unpaired) electrons. The van der Waals surface area contributed by atoms with E-state index in [0.29, 0.717) is 5.56 Å². The van der Waals surface area contributed by atoms with Crippen LogP contribution in [0.5, 0.6) is 0 Å². The normalized spacial score (nSPS) is 19.0. The van der Waals surface area contributed by atoms with Gasteiger partial charge in [0.15, 0.2) is 0 Å². The zero-order valence-electron chi connectivity index (χ0n) is 12.8. The second-order valence-corrected chi connectivity index (χ2v) is 6.06. The monoisotopic (exact) mass is 298 g/mol. The fourth-order valence-electron chi connectivity index (χ4n) is 3.21. The van der Waals surface area contributed by atoms with Crippen LogP contribution in [0.2, 0.25) is 0 Å². The van der Waals surface area contributed by atoms with Crippen molar-refractivity contribution in [2.45, 2.75) is 31.7 Å². The summed E-state index contributed by atoms with van der Waals surface area (Å²) in [5.41, 5.74) is 1.85. The van der Waals surface area contributed by atoms with E-state index in [1.807, 2.05) is 29.2 Å². The zero-order valence-corrected chi connectivity index (χ0v) is 12.8. The van der Waals surface area contributed by atoms with Crippen LogP contribution in [0.1, 0.15) is 31.2 Å². The molecule has 0 bridgehead atoms. The molecule has 0 aromatic heterocycles. The van der Waals surface area contributed by atoms with Gasteiger partial charge in [-0.2, -0.15) is 5.26 Å². The van der Waals surface area contributed by atoms with Crippen LogP contribution in [0, 0.1) is 11.3 Å². The van der Waals surface area contributed by atoms with Crippen LogP contribution in [-0.4, -0.2) is 43.2 Å². The molecule has 2 aliphatic heterocycles. The summed E-state index contributed by atoms with van der Waals surface area (Å²) in [6.07, 6.45) is 4.20. The number of amides is 2. The highest BCUT2D eigenvalue weighted by molar-refractivity contribution is 5.74. The van der Waals surface area contributed by atoms with Gasteiger partial charge in [-0.05, 0) is 49.9 Å². The molecule has 5 heteroatoms. The van der Waals surface area contributed by atoms with Crippen LogP contribution in [0.15, 0.2) is 24.3 Å². The van der Waals surface area contributed by atoms with E-state index in [0.717, 1.165) is 57.5 Å². The van der Waals surface area contributed by atoms with Gasteiger partial charge < -0.3 is 15.1 Å². The van der Waals surface area contributed by atoms with Gasteiger partial charge in [0.2, 0.25) is 0 Å². The minimum Gasteiger partial charge on any atom is -0.371 e. The minimum absolute atomic E-state index is 0.106. The summed E-state index contributed by atoms with van der Waals surface area (Å²) in [6, 6.07) is 10.2. The Morgan fingerprint density at radius 1 is 1.09 bits per heavy atom. The molecule has 5 nitrogen and oxygen atoms in total. The number of anilines is 1. The Hall–Kier alpha value is -2.22. The first-order valence-corrected chi connectivity index (χ1v) is 8.07. The number of nitrogens with one attached hydrogen (secondary N) is 1. The van der Waals surface area contributed by atoms with Crippen LogP contribution in [-0.2, 0) is 0 Å². The summed E-state index contributed by atoms with van der Waals surface area (Å²) in [5.74, 6) is 0. The molecule has 22 heavy (non-hydrogen) atoms. The first-order valence-electron chi connectivity index (χ1n) is 8.07. The number of likely N-dealkylation sites (tertiary alicyclic amines) is 1. The molecule has 2 fully saturated rings. The number of urea groups is 1. The maximum atomic E-state index is 12.1. The molecule has 0 spiro atoms. The lowest BCUT2D eigenvalue weighted by Crippen LogP contribution is -2.48. The van der Waals surface area contributed by atoms with E-state index in [-0.39, 0.29) is 12.1 Å². The van der Waals surface area contributed by atoms with Gasteiger partial charge in [0.1, 0.15) is 0 Å². The van der Waals surface area contributed by atoms with Crippen LogP contribution in [0.25, 0.3) is 0 Å². The van der Waals surface area contributed by atoms with Crippen molar-refractivity contribution in [1.82, 2.24) is 10.2 Å². The van der Waals surface area contributed by atoms with Gasteiger partial charge in [-0.25, -0.2) is 4.79 Å². The number of hydrogen-bond donors (Lipinski definition) is 1. The Bertz CT molecular complexity index is 549. The Balaban J connectivity index is 1.49. The van der Waals surface area contributed by atoms with E-state index < -0.39 is 0 Å². The highest BCUT2D eigenvalue weighted by Crippen LogP contribution is 2.20. The summed E-state index contributed by atoms with van der Waals surface area (Å²) in [6.45, 7) is 3.68. The molecule has 0 saturated carbocycles. The first kappa shape index (κ1) is 14.7. The van der Waals surface area contributed by atoms with Gasteiger partial charge in [-0.1, -0.05) is 0 Å². The van der Waals surface area contributed by atoms with E-state index in [4.69, 9.17) is 5.26 Å². The number of nitrogens with zero attached hydrogens (tertiary/aromatic N) is 3. The number of hydrogen-bond acceptors (Lipinski definition) is 3. The largest absolute Gasteiger partial charge is 0.371 e. The standard InChI is InChI=1S/C17H22N4O/c18-13-14-3-5-16(6-4-14)20-11-7-15(8-12-20)19-17(22)21-9-1-2-10-21/h3-6,15H,1-2,7-12H2,(H,19,22). The fourth-order valence-corrected chi connectivity index (χ4v) is 3.21. The predicted molar refractivity (Wildman–Crippen MR) is 85.7 cm³/mol. The van der Waals surface area contributed by atoms with Crippen molar-refractivity contribution in [3.05, 3.63) is 29.8 Å². The van der Waals surface area contributed by atoms with E-state index in [2.05, 4.69) is 16.3 Å². The molecule has 1 N–H and O–H groups in total. The van der Waals surface area contributed by atoms with Gasteiger partial charge in [0.05, 0.1) is 11.6 Å². The van der Waals surface area contributed by atoms with E-state index >= 15 is 0 Å². The molecule has 0 atom stereocenters. The molecule has 0 unspecified atom stereocenters. The van der Waals surface area contributed by atoms with Crippen molar-refractivity contribution in [2.24, 2.45) is 0 Å². The summed E-state index contributed by atoms with van der Waals surface area (Å²) < 4.78 is 0. The maximum absolute atomic E-state index is 12.1. The number of carbonyl (C=O) groups excluding carboxylic acids is 1. The van der Waals surface area contributed by atoms with Crippen LogP contribution >= 0.6 is 0 Å². The number of rotatable bonds is 2. The molecular weight excluding hydrogens is 276 g/mol. The smallest absolute Gasteiger partial charge is 0.317 e. The summed E-state index contributed by atoms with van der Waals surface area (Å²) >= 11 is 0. The van der Waals surface area contributed by atoms with E-state index in [9.17, 15) is 4.79 Å². The lowest BCUT2D eigenvalue weighted by molar-refractivity contribution is 0.202. The van der Waals surface area contributed by atoms with Gasteiger partial charge in [0, 0.05) is 37.9 Å². The zero-order chi connectivity index (χ0) is 15.4. The third kappa shape index (κ3) is 3.33. The fraction of sp³-hybridized carbons (Fsp3) is 0.529. The lowest BCUT2D eigenvalue weighted by atomic mass is 10.0. The van der Waals surface area contributed by atoms with Crippen molar-refractivity contribution >= 4 is 11.7 Å². The molecule has 1 aromatic rings. The number of piperidine rings is 1. The first-order chi connectivity index (χ1) is 10.8. The molecule has 2 amide bonds. The van der Waals surface area contributed by atoms with Crippen LogP contribution in [0.4, 0.5) is 10.5 Å². The third-order valence-electron chi connectivity index (χ3n) is 4.58. The van der Waals surface area contributed by atoms with E-state index in [1.165, 1.54) is 0 Å². The average Bonchev–Trinajstić information content (AvgIpc) is 3.10. The Labute approximate surface area is 131 Å². The van der Waals surface area contributed by atoms with Gasteiger partial charge in [-0.3, -0.25) is 0 Å². The van der Waals surface area contributed by atoms with Gasteiger partial charge in [-0.15, -0.1) is 0 Å². The molecule has 2 aliphatic rings. The molecule has 1 aromatic carbocycles. The number of nitriles is 1. The quantitative estimate of drug-likeness (QED) is 0.911. The maximum Gasteiger partial charge on any atom is 0.317 e. The topological polar surface area (TPSA) is 59.4 Å². The molecule has 2 saturated heterocycles. The van der Waals surface area contributed by atoms with Gasteiger partial charge in [0.25, 0.3) is 0 Å². The summed E-state index contributed by atoms with van der Waals surface area (Å²) in [7, 11) is 0. The second-order valence-electron chi connectivity index (χ2n) is 6.06. The SMILES string of the molecule is N#Cc1ccc(N2CCC(NC(=O)N3CCCC3)CC2)cc1. The van der Waals surface area contributed by atoms with E-state index in [1.54, 1.807) is 0 Å².